The second-order valence-electron chi connectivity index (χ2n) is 4.88. The molecule has 3 nitrogen and oxygen atoms in total. The number of fused-ring (bicyclic) bond motifs is 1. The Morgan fingerprint density at radius 2 is 2.00 bits per heavy atom. The van der Waals surface area contributed by atoms with Gasteiger partial charge in [0.25, 0.3) is 0 Å². The van der Waals surface area contributed by atoms with Crippen molar-refractivity contribution in [2.45, 2.75) is 6.92 Å². The molecule has 3 aromatic rings. The van der Waals surface area contributed by atoms with E-state index in [0.29, 0.717) is 10.8 Å². The van der Waals surface area contributed by atoms with E-state index in [0.717, 1.165) is 22.2 Å². The van der Waals surface area contributed by atoms with Crippen LogP contribution in [-0.4, -0.2) is 12.3 Å². The molecular weight excluding hydrogens is 286 g/mol. The Kier molecular flexibility index (Phi) is 3.67. The van der Waals surface area contributed by atoms with Gasteiger partial charge >= 0.3 is 0 Å². The highest BCUT2D eigenvalue weighted by molar-refractivity contribution is 6.30. The molecule has 1 heterocycles. The van der Waals surface area contributed by atoms with Gasteiger partial charge in [-0.15, -0.1) is 0 Å². The van der Waals surface area contributed by atoms with E-state index in [1.807, 2.05) is 49.4 Å². The van der Waals surface area contributed by atoms with Crippen molar-refractivity contribution < 1.29 is 9.21 Å². The summed E-state index contributed by atoms with van der Waals surface area (Å²) in [6, 6.07) is 14.9. The summed E-state index contributed by atoms with van der Waals surface area (Å²) < 4.78 is 5.56. The number of carbonyl (C=O) groups is 1. The quantitative estimate of drug-likeness (QED) is 0.711. The van der Waals surface area contributed by atoms with Gasteiger partial charge < -0.3 is 9.73 Å². The molecule has 2 aromatic carbocycles. The first-order chi connectivity index (χ1) is 10.1. The van der Waals surface area contributed by atoms with Crippen LogP contribution in [-0.2, 0) is 0 Å². The smallest absolute Gasteiger partial charge is 0.216 e. The molecule has 0 aliphatic rings. The minimum atomic E-state index is -0.0921. The van der Waals surface area contributed by atoms with Gasteiger partial charge in [-0.1, -0.05) is 35.9 Å². The molecule has 21 heavy (non-hydrogen) atoms. The molecular formula is C17H14ClNO2. The molecule has 0 atom stereocenters. The summed E-state index contributed by atoms with van der Waals surface area (Å²) in [4.78, 5) is 12.2. The SMILES string of the molecule is Cc1ccc(Cl)cc1NCC(=O)c1cc2ccccc2o1. The number of Topliss-reactive ketones (excluding diaryl/α,β-unsaturated/α-hetero) is 1. The lowest BCUT2D eigenvalue weighted by Crippen LogP contribution is -2.13. The summed E-state index contributed by atoms with van der Waals surface area (Å²) >= 11 is 5.96. The van der Waals surface area contributed by atoms with Crippen LogP contribution in [0.4, 0.5) is 5.69 Å². The number of ketones is 1. The Morgan fingerprint density at radius 1 is 1.19 bits per heavy atom. The standard InChI is InChI=1S/C17H14ClNO2/c1-11-6-7-13(18)9-14(11)19-10-15(20)17-8-12-4-2-3-5-16(12)21-17/h2-9,19H,10H2,1H3. The monoisotopic (exact) mass is 299 g/mol. The number of halogens is 1. The molecule has 1 N–H and O–H groups in total. The summed E-state index contributed by atoms with van der Waals surface area (Å²) in [5.74, 6) is 0.272. The number of rotatable bonds is 4. The molecule has 1 aromatic heterocycles. The largest absolute Gasteiger partial charge is 0.453 e. The lowest BCUT2D eigenvalue weighted by Gasteiger charge is -2.08. The van der Waals surface area contributed by atoms with E-state index in [2.05, 4.69) is 5.32 Å². The first-order valence-corrected chi connectivity index (χ1v) is 7.03. The Labute approximate surface area is 127 Å². The molecule has 3 rings (SSSR count). The molecule has 106 valence electrons. The van der Waals surface area contributed by atoms with E-state index in [1.165, 1.54) is 0 Å². The van der Waals surface area contributed by atoms with Gasteiger partial charge in [0, 0.05) is 16.1 Å². The number of furan rings is 1. The van der Waals surface area contributed by atoms with Crippen molar-refractivity contribution in [1.82, 2.24) is 0 Å². The van der Waals surface area contributed by atoms with E-state index in [1.54, 1.807) is 6.07 Å². The topological polar surface area (TPSA) is 42.2 Å². The van der Waals surface area contributed by atoms with Gasteiger partial charge in [0.2, 0.25) is 5.78 Å². The van der Waals surface area contributed by atoms with Gasteiger partial charge in [-0.05, 0) is 36.8 Å². The average Bonchev–Trinajstić information content (AvgIpc) is 2.92. The lowest BCUT2D eigenvalue weighted by molar-refractivity contribution is 0.0982. The van der Waals surface area contributed by atoms with Crippen molar-refractivity contribution in [3.05, 3.63) is 64.9 Å². The summed E-state index contributed by atoms with van der Waals surface area (Å²) in [6.45, 7) is 2.13. The number of hydrogen-bond acceptors (Lipinski definition) is 3. The van der Waals surface area contributed by atoms with Crippen LogP contribution >= 0.6 is 11.6 Å². The lowest BCUT2D eigenvalue weighted by atomic mass is 10.2. The summed E-state index contributed by atoms with van der Waals surface area (Å²) in [5.41, 5.74) is 2.61. The second kappa shape index (κ2) is 5.62. The molecule has 0 spiro atoms. The van der Waals surface area contributed by atoms with E-state index in [4.69, 9.17) is 16.0 Å². The maximum Gasteiger partial charge on any atom is 0.216 e. The van der Waals surface area contributed by atoms with Crippen LogP contribution in [0.15, 0.2) is 52.9 Å². The molecule has 0 saturated heterocycles. The normalized spacial score (nSPS) is 10.8. The second-order valence-corrected chi connectivity index (χ2v) is 5.32. The fourth-order valence-electron chi connectivity index (χ4n) is 2.17. The molecule has 4 heteroatoms. The highest BCUT2D eigenvalue weighted by Crippen LogP contribution is 2.21. The van der Waals surface area contributed by atoms with E-state index >= 15 is 0 Å². The fourth-order valence-corrected chi connectivity index (χ4v) is 2.34. The van der Waals surface area contributed by atoms with Crippen LogP contribution in [0.2, 0.25) is 5.02 Å². The van der Waals surface area contributed by atoms with E-state index in [9.17, 15) is 4.79 Å². The highest BCUT2D eigenvalue weighted by atomic mass is 35.5. The van der Waals surface area contributed by atoms with E-state index in [-0.39, 0.29) is 12.3 Å². The first-order valence-electron chi connectivity index (χ1n) is 6.65. The van der Waals surface area contributed by atoms with Crippen LogP contribution < -0.4 is 5.32 Å². The van der Waals surface area contributed by atoms with Crippen molar-refractivity contribution in [3.8, 4) is 0 Å². The molecule has 0 aliphatic heterocycles. The Morgan fingerprint density at radius 3 is 2.81 bits per heavy atom. The fraction of sp³-hybridized carbons (Fsp3) is 0.118. The van der Waals surface area contributed by atoms with Crippen molar-refractivity contribution in [2.24, 2.45) is 0 Å². The van der Waals surface area contributed by atoms with Crippen molar-refractivity contribution >= 4 is 34.0 Å². The number of aryl methyl sites for hydroxylation is 1. The van der Waals surface area contributed by atoms with Crippen LogP contribution in [0.3, 0.4) is 0 Å². The third kappa shape index (κ3) is 2.93. The van der Waals surface area contributed by atoms with Gasteiger partial charge in [-0.3, -0.25) is 4.79 Å². The number of para-hydroxylation sites is 1. The molecule has 0 bridgehead atoms. The summed E-state index contributed by atoms with van der Waals surface area (Å²) in [5, 5.41) is 4.67. The number of carbonyl (C=O) groups excluding carboxylic acids is 1. The van der Waals surface area contributed by atoms with Gasteiger partial charge in [0.15, 0.2) is 5.76 Å². The van der Waals surface area contributed by atoms with Gasteiger partial charge in [0.1, 0.15) is 5.58 Å². The zero-order valence-electron chi connectivity index (χ0n) is 11.5. The van der Waals surface area contributed by atoms with E-state index < -0.39 is 0 Å². The molecule has 0 amide bonds. The number of nitrogens with one attached hydrogen (secondary N) is 1. The Balaban J connectivity index is 1.75. The van der Waals surface area contributed by atoms with Crippen molar-refractivity contribution in [3.63, 3.8) is 0 Å². The van der Waals surface area contributed by atoms with Gasteiger partial charge in [-0.2, -0.15) is 0 Å². The third-order valence-electron chi connectivity index (χ3n) is 3.34. The molecule has 0 unspecified atom stereocenters. The molecule has 0 fully saturated rings. The van der Waals surface area contributed by atoms with Crippen molar-refractivity contribution in [2.75, 3.05) is 11.9 Å². The minimum Gasteiger partial charge on any atom is -0.453 e. The Hall–Kier alpha value is -2.26. The maximum absolute atomic E-state index is 12.2. The third-order valence-corrected chi connectivity index (χ3v) is 3.57. The van der Waals surface area contributed by atoms with Gasteiger partial charge in [-0.25, -0.2) is 0 Å². The molecule has 0 aliphatic carbocycles. The number of anilines is 1. The van der Waals surface area contributed by atoms with Crippen LogP contribution in [0, 0.1) is 6.92 Å². The molecule has 0 saturated carbocycles. The summed E-state index contributed by atoms with van der Waals surface area (Å²) in [6.07, 6.45) is 0. The van der Waals surface area contributed by atoms with Crippen molar-refractivity contribution in [1.29, 1.82) is 0 Å². The van der Waals surface area contributed by atoms with Crippen LogP contribution in [0.5, 0.6) is 0 Å². The first kappa shape index (κ1) is 13.7. The number of benzene rings is 2. The Bertz CT molecular complexity index is 774. The van der Waals surface area contributed by atoms with Crippen LogP contribution in [0.1, 0.15) is 16.1 Å². The zero-order valence-corrected chi connectivity index (χ0v) is 12.3. The minimum absolute atomic E-state index is 0.0921. The van der Waals surface area contributed by atoms with Crippen LogP contribution in [0.25, 0.3) is 11.0 Å². The number of hydrogen-bond donors (Lipinski definition) is 1. The summed E-state index contributed by atoms with van der Waals surface area (Å²) in [7, 11) is 0. The maximum atomic E-state index is 12.2. The van der Waals surface area contributed by atoms with Gasteiger partial charge in [0.05, 0.1) is 6.54 Å². The molecule has 0 radical (unpaired) electrons. The average molecular weight is 300 g/mol. The zero-order chi connectivity index (χ0) is 14.8. The predicted molar refractivity (Wildman–Crippen MR) is 85.2 cm³/mol. The highest BCUT2D eigenvalue weighted by Gasteiger charge is 2.12. The predicted octanol–water partition coefficient (Wildman–Crippen LogP) is 4.69.